The zero-order chi connectivity index (χ0) is 19.3. The van der Waals surface area contributed by atoms with Gasteiger partial charge in [-0.2, -0.15) is 4.98 Å². The lowest BCUT2D eigenvalue weighted by Crippen LogP contribution is -2.36. The number of rotatable bonds is 6. The predicted molar refractivity (Wildman–Crippen MR) is 111 cm³/mol. The maximum atomic E-state index is 6.26. The molecule has 1 aromatic heterocycles. The fourth-order valence-corrected chi connectivity index (χ4v) is 3.31. The van der Waals surface area contributed by atoms with E-state index in [0.717, 1.165) is 37.6 Å². The van der Waals surface area contributed by atoms with Gasteiger partial charge in [-0.1, -0.05) is 11.6 Å². The van der Waals surface area contributed by atoms with Gasteiger partial charge in [0.25, 0.3) is 0 Å². The van der Waals surface area contributed by atoms with Gasteiger partial charge in [0.1, 0.15) is 5.75 Å². The third-order valence-corrected chi connectivity index (χ3v) is 4.79. The van der Waals surface area contributed by atoms with E-state index in [9.17, 15) is 0 Å². The summed E-state index contributed by atoms with van der Waals surface area (Å²) >= 11 is 6.26. The van der Waals surface area contributed by atoms with Crippen LogP contribution < -0.4 is 15.0 Å². The normalized spacial score (nSPS) is 14.1. The fraction of sp³-hybridized carbons (Fsp3) is 0.300. The number of hydrogen-bond donors (Lipinski definition) is 2. The number of anilines is 3. The fourth-order valence-electron chi connectivity index (χ4n) is 3.07. The molecule has 0 radical (unpaired) electrons. The maximum absolute atomic E-state index is 6.26. The first kappa shape index (κ1) is 18.6. The third-order valence-electron chi connectivity index (χ3n) is 4.49. The van der Waals surface area contributed by atoms with Crippen LogP contribution in [-0.2, 0) is 4.74 Å². The number of benzene rings is 2. The zero-order valence-corrected chi connectivity index (χ0v) is 16.4. The number of H-pyrrole nitrogens is 1. The second kappa shape index (κ2) is 8.50. The lowest BCUT2D eigenvalue weighted by atomic mass is 10.2. The van der Waals surface area contributed by atoms with Crippen LogP contribution in [0.25, 0.3) is 11.4 Å². The van der Waals surface area contributed by atoms with Gasteiger partial charge in [-0.3, -0.25) is 5.10 Å². The Balaban J connectivity index is 1.44. The van der Waals surface area contributed by atoms with Gasteiger partial charge in [0.15, 0.2) is 5.82 Å². The lowest BCUT2D eigenvalue weighted by Gasteiger charge is -2.28. The highest BCUT2D eigenvalue weighted by molar-refractivity contribution is 6.32. The molecule has 4 rings (SSSR count). The van der Waals surface area contributed by atoms with Crippen molar-refractivity contribution in [1.82, 2.24) is 15.2 Å². The Kier molecular flexibility index (Phi) is 5.64. The summed E-state index contributed by atoms with van der Waals surface area (Å²) in [5.41, 5.74) is 2.96. The molecule has 0 saturated carbocycles. The molecule has 0 aliphatic carbocycles. The van der Waals surface area contributed by atoms with E-state index < -0.39 is 0 Å². The van der Waals surface area contributed by atoms with Crippen molar-refractivity contribution in [1.29, 1.82) is 0 Å². The van der Waals surface area contributed by atoms with Crippen LogP contribution in [0.5, 0.6) is 5.75 Å². The van der Waals surface area contributed by atoms with Gasteiger partial charge in [-0.05, 0) is 49.4 Å². The van der Waals surface area contributed by atoms with Crippen molar-refractivity contribution in [2.24, 2.45) is 0 Å². The molecule has 1 saturated heterocycles. The molecule has 146 valence electrons. The van der Waals surface area contributed by atoms with Crippen LogP contribution in [-0.4, -0.2) is 48.1 Å². The van der Waals surface area contributed by atoms with Crippen molar-refractivity contribution in [3.8, 4) is 17.1 Å². The number of morpholine rings is 1. The van der Waals surface area contributed by atoms with E-state index in [-0.39, 0.29) is 0 Å². The van der Waals surface area contributed by atoms with Crippen LogP contribution in [0, 0.1) is 0 Å². The van der Waals surface area contributed by atoms with Crippen LogP contribution in [0.15, 0.2) is 42.5 Å². The molecule has 0 spiro atoms. The first-order chi connectivity index (χ1) is 13.7. The second-order valence-electron chi connectivity index (χ2n) is 6.36. The number of nitrogens with zero attached hydrogens (tertiary/aromatic N) is 3. The molecule has 2 aromatic carbocycles. The quantitative estimate of drug-likeness (QED) is 0.649. The molecule has 3 aromatic rings. The van der Waals surface area contributed by atoms with Crippen LogP contribution in [0.4, 0.5) is 17.3 Å². The molecule has 7 nitrogen and oxygen atoms in total. The molecule has 0 atom stereocenters. The molecule has 2 N–H and O–H groups in total. The topological polar surface area (TPSA) is 75.3 Å². The second-order valence-corrected chi connectivity index (χ2v) is 6.76. The maximum Gasteiger partial charge on any atom is 0.246 e. The molecule has 1 fully saturated rings. The molecular weight excluding hydrogens is 378 g/mol. The van der Waals surface area contributed by atoms with E-state index >= 15 is 0 Å². The number of aromatic nitrogens is 3. The minimum absolute atomic E-state index is 0.499. The van der Waals surface area contributed by atoms with E-state index in [2.05, 4.69) is 37.5 Å². The molecular formula is C20H22ClN5O2. The average molecular weight is 400 g/mol. The van der Waals surface area contributed by atoms with Crippen LogP contribution in [0.3, 0.4) is 0 Å². The Morgan fingerprint density at radius 3 is 2.68 bits per heavy atom. The molecule has 2 heterocycles. The smallest absolute Gasteiger partial charge is 0.246 e. The molecule has 1 aliphatic heterocycles. The third kappa shape index (κ3) is 4.21. The highest BCUT2D eigenvalue weighted by atomic mass is 35.5. The number of nitrogens with one attached hydrogen (secondary N) is 2. The Morgan fingerprint density at radius 1 is 1.18 bits per heavy atom. The summed E-state index contributed by atoms with van der Waals surface area (Å²) in [5.74, 6) is 1.79. The van der Waals surface area contributed by atoms with Crippen molar-refractivity contribution in [2.75, 3.05) is 43.1 Å². The van der Waals surface area contributed by atoms with Gasteiger partial charge >= 0.3 is 0 Å². The van der Waals surface area contributed by atoms with E-state index in [1.54, 1.807) is 0 Å². The standard InChI is InChI=1S/C20H22ClN5O2/c1-2-28-18-8-3-14(13-17(18)21)19-23-20(25-24-19)22-15-4-6-16(7-5-15)26-9-11-27-12-10-26/h3-8,13H,2,9-12H2,1H3,(H2,22,23,24,25). The van der Waals surface area contributed by atoms with Crippen molar-refractivity contribution in [2.45, 2.75) is 6.92 Å². The average Bonchev–Trinajstić information content (AvgIpc) is 3.19. The summed E-state index contributed by atoms with van der Waals surface area (Å²) < 4.78 is 10.9. The van der Waals surface area contributed by atoms with Crippen molar-refractivity contribution < 1.29 is 9.47 Å². The first-order valence-corrected chi connectivity index (χ1v) is 9.65. The van der Waals surface area contributed by atoms with E-state index in [1.165, 1.54) is 5.69 Å². The SMILES string of the molecule is CCOc1ccc(-c2nc(Nc3ccc(N4CCOCC4)cc3)n[nH]2)cc1Cl. The zero-order valence-electron chi connectivity index (χ0n) is 15.6. The van der Waals surface area contributed by atoms with Gasteiger partial charge in [0, 0.05) is 30.0 Å². The van der Waals surface area contributed by atoms with Crippen molar-refractivity contribution >= 4 is 28.9 Å². The summed E-state index contributed by atoms with van der Waals surface area (Å²) in [7, 11) is 0. The highest BCUT2D eigenvalue weighted by Crippen LogP contribution is 2.29. The first-order valence-electron chi connectivity index (χ1n) is 9.28. The Hall–Kier alpha value is -2.77. The van der Waals surface area contributed by atoms with E-state index in [1.807, 2.05) is 37.3 Å². The lowest BCUT2D eigenvalue weighted by molar-refractivity contribution is 0.122. The monoisotopic (exact) mass is 399 g/mol. The molecule has 8 heteroatoms. The molecule has 0 amide bonds. The summed E-state index contributed by atoms with van der Waals surface area (Å²) in [6.07, 6.45) is 0. The summed E-state index contributed by atoms with van der Waals surface area (Å²) in [6, 6.07) is 13.8. The Bertz CT molecular complexity index is 923. The molecule has 0 unspecified atom stereocenters. The van der Waals surface area contributed by atoms with Gasteiger partial charge in [0.2, 0.25) is 5.95 Å². The molecule has 1 aliphatic rings. The van der Waals surface area contributed by atoms with Gasteiger partial charge in [-0.15, -0.1) is 5.10 Å². The minimum atomic E-state index is 0.499. The van der Waals surface area contributed by atoms with Crippen molar-refractivity contribution in [3.05, 3.63) is 47.5 Å². The summed E-state index contributed by atoms with van der Waals surface area (Å²) in [5, 5.41) is 10.9. The van der Waals surface area contributed by atoms with Gasteiger partial charge in [0.05, 0.1) is 24.8 Å². The largest absolute Gasteiger partial charge is 0.492 e. The molecule has 28 heavy (non-hydrogen) atoms. The van der Waals surface area contributed by atoms with Gasteiger partial charge in [-0.25, -0.2) is 0 Å². The summed E-state index contributed by atoms with van der Waals surface area (Å²) in [4.78, 5) is 6.81. The number of aromatic amines is 1. The number of hydrogen-bond acceptors (Lipinski definition) is 6. The Labute approximate surface area is 168 Å². The minimum Gasteiger partial charge on any atom is -0.492 e. The van der Waals surface area contributed by atoms with Crippen molar-refractivity contribution in [3.63, 3.8) is 0 Å². The van der Waals surface area contributed by atoms with Gasteiger partial charge < -0.3 is 19.7 Å². The van der Waals surface area contributed by atoms with Crippen LogP contribution in [0.1, 0.15) is 6.92 Å². The number of ether oxygens (including phenoxy) is 2. The molecule has 0 bridgehead atoms. The Morgan fingerprint density at radius 2 is 1.96 bits per heavy atom. The predicted octanol–water partition coefficient (Wildman–Crippen LogP) is 4.10. The van der Waals surface area contributed by atoms with Crippen LogP contribution in [0.2, 0.25) is 5.02 Å². The van der Waals surface area contributed by atoms with E-state index in [4.69, 9.17) is 21.1 Å². The number of halogens is 1. The summed E-state index contributed by atoms with van der Waals surface area (Å²) in [6.45, 7) is 5.88. The highest BCUT2D eigenvalue weighted by Gasteiger charge is 2.12. The van der Waals surface area contributed by atoms with Crippen LogP contribution >= 0.6 is 11.6 Å². The van der Waals surface area contributed by atoms with E-state index in [0.29, 0.717) is 29.2 Å².